The van der Waals surface area contributed by atoms with Gasteiger partial charge in [0.25, 0.3) is 5.91 Å². The van der Waals surface area contributed by atoms with Gasteiger partial charge in [0, 0.05) is 31.2 Å². The summed E-state index contributed by atoms with van der Waals surface area (Å²) >= 11 is 5.74. The van der Waals surface area contributed by atoms with Gasteiger partial charge >= 0.3 is 0 Å². The Kier molecular flexibility index (Phi) is 3.66. The van der Waals surface area contributed by atoms with Crippen molar-refractivity contribution < 1.29 is 9.18 Å². The summed E-state index contributed by atoms with van der Waals surface area (Å²) in [4.78, 5) is 12.8. The minimum atomic E-state index is -0.635. The van der Waals surface area contributed by atoms with E-state index in [-0.39, 0.29) is 22.7 Å². The van der Waals surface area contributed by atoms with E-state index in [1.807, 2.05) is 0 Å². The molecule has 82 valence electrons. The number of carbonyl (C=O) groups excluding carboxylic acids is 1. The maximum Gasteiger partial charge on any atom is 0.256 e. The lowest BCUT2D eigenvalue weighted by molar-refractivity contribution is 0.0823. The highest BCUT2D eigenvalue weighted by atomic mass is 35.5. The maximum absolute atomic E-state index is 13.7. The van der Waals surface area contributed by atoms with Crippen molar-refractivity contribution in [2.75, 3.05) is 14.1 Å². The van der Waals surface area contributed by atoms with E-state index in [4.69, 9.17) is 17.3 Å². The molecule has 1 rings (SSSR count). The molecule has 0 aliphatic carbocycles. The number of amides is 1. The zero-order chi connectivity index (χ0) is 11.6. The van der Waals surface area contributed by atoms with Gasteiger partial charge in [-0.05, 0) is 12.1 Å². The van der Waals surface area contributed by atoms with Crippen molar-refractivity contribution in [3.63, 3.8) is 0 Å². The number of halogens is 2. The zero-order valence-corrected chi connectivity index (χ0v) is 9.31. The van der Waals surface area contributed by atoms with Gasteiger partial charge in [-0.2, -0.15) is 0 Å². The molecule has 0 unspecified atom stereocenters. The molecule has 0 heterocycles. The van der Waals surface area contributed by atoms with E-state index in [1.165, 1.54) is 17.0 Å². The van der Waals surface area contributed by atoms with Crippen LogP contribution in [0, 0.1) is 5.82 Å². The van der Waals surface area contributed by atoms with Gasteiger partial charge in [-0.25, -0.2) is 4.39 Å². The van der Waals surface area contributed by atoms with Crippen molar-refractivity contribution >= 4 is 17.5 Å². The van der Waals surface area contributed by atoms with E-state index in [0.29, 0.717) is 0 Å². The summed E-state index contributed by atoms with van der Waals surface area (Å²) in [6, 6.07) is 2.84. The van der Waals surface area contributed by atoms with Gasteiger partial charge in [-0.1, -0.05) is 11.6 Å². The largest absolute Gasteiger partial charge is 0.345 e. The Morgan fingerprint density at radius 3 is 2.60 bits per heavy atom. The van der Waals surface area contributed by atoms with Crippen LogP contribution in [-0.4, -0.2) is 24.9 Å². The molecule has 15 heavy (non-hydrogen) atoms. The molecule has 3 nitrogen and oxygen atoms in total. The van der Waals surface area contributed by atoms with Crippen LogP contribution in [0.1, 0.15) is 15.9 Å². The summed E-state index contributed by atoms with van der Waals surface area (Å²) < 4.78 is 13.7. The second kappa shape index (κ2) is 4.59. The lowest BCUT2D eigenvalue weighted by atomic mass is 10.1. The fraction of sp³-hybridized carbons (Fsp3) is 0.300. The number of nitrogens with zero attached hydrogens (tertiary/aromatic N) is 1. The predicted octanol–water partition coefficient (Wildman–Crippen LogP) is 1.64. The zero-order valence-electron chi connectivity index (χ0n) is 8.55. The number of rotatable bonds is 2. The summed E-state index contributed by atoms with van der Waals surface area (Å²) in [5.41, 5.74) is 5.51. The van der Waals surface area contributed by atoms with Crippen LogP contribution in [0.15, 0.2) is 12.1 Å². The molecule has 1 aromatic rings. The summed E-state index contributed by atoms with van der Waals surface area (Å²) in [7, 11) is 3.11. The van der Waals surface area contributed by atoms with Gasteiger partial charge in [0.2, 0.25) is 0 Å². The standard InChI is InChI=1S/C10H12ClFN2O/c1-14(2)10(15)6-3-4-8(11)7(5-13)9(6)12/h3-4H,5,13H2,1-2H3. The van der Waals surface area contributed by atoms with E-state index in [9.17, 15) is 9.18 Å². The number of hydrogen-bond donors (Lipinski definition) is 1. The molecule has 0 atom stereocenters. The second-order valence-electron chi connectivity index (χ2n) is 3.29. The van der Waals surface area contributed by atoms with Gasteiger partial charge in [0.15, 0.2) is 0 Å². The van der Waals surface area contributed by atoms with Crippen molar-refractivity contribution in [3.05, 3.63) is 34.1 Å². The third-order valence-electron chi connectivity index (χ3n) is 2.03. The highest BCUT2D eigenvalue weighted by molar-refractivity contribution is 6.31. The number of carbonyl (C=O) groups is 1. The van der Waals surface area contributed by atoms with Gasteiger partial charge in [-0.15, -0.1) is 0 Å². The van der Waals surface area contributed by atoms with Crippen LogP contribution < -0.4 is 5.73 Å². The Hall–Kier alpha value is -1.13. The summed E-state index contributed by atoms with van der Waals surface area (Å²) in [5.74, 6) is -1.04. The molecule has 0 aliphatic rings. The van der Waals surface area contributed by atoms with Crippen LogP contribution in [0.5, 0.6) is 0 Å². The van der Waals surface area contributed by atoms with Crippen molar-refractivity contribution in [1.29, 1.82) is 0 Å². The molecule has 0 saturated carbocycles. The highest BCUT2D eigenvalue weighted by Gasteiger charge is 2.17. The van der Waals surface area contributed by atoms with Crippen LogP contribution in [0.4, 0.5) is 4.39 Å². The molecule has 0 saturated heterocycles. The van der Waals surface area contributed by atoms with Crippen LogP contribution >= 0.6 is 11.6 Å². The second-order valence-corrected chi connectivity index (χ2v) is 3.70. The van der Waals surface area contributed by atoms with E-state index < -0.39 is 11.7 Å². The molecule has 1 amide bonds. The topological polar surface area (TPSA) is 46.3 Å². The monoisotopic (exact) mass is 230 g/mol. The molecular weight excluding hydrogens is 219 g/mol. The van der Waals surface area contributed by atoms with Crippen LogP contribution in [0.25, 0.3) is 0 Å². The smallest absolute Gasteiger partial charge is 0.256 e. The molecule has 1 aromatic carbocycles. The minimum Gasteiger partial charge on any atom is -0.345 e. The molecule has 0 bridgehead atoms. The normalized spacial score (nSPS) is 10.2. The Morgan fingerprint density at radius 2 is 2.13 bits per heavy atom. The molecule has 0 fully saturated rings. The van der Waals surface area contributed by atoms with Crippen LogP contribution in [0.2, 0.25) is 5.02 Å². The first-order valence-electron chi connectivity index (χ1n) is 4.37. The molecule has 0 aromatic heterocycles. The SMILES string of the molecule is CN(C)C(=O)c1ccc(Cl)c(CN)c1F. The quantitative estimate of drug-likeness (QED) is 0.840. The Balaban J connectivity index is 3.28. The van der Waals surface area contributed by atoms with Crippen molar-refractivity contribution in [2.45, 2.75) is 6.54 Å². The number of hydrogen-bond acceptors (Lipinski definition) is 2. The average molecular weight is 231 g/mol. The van der Waals surface area contributed by atoms with Gasteiger partial charge in [-0.3, -0.25) is 4.79 Å². The molecular formula is C10H12ClFN2O. The Labute approximate surface area is 92.6 Å². The molecule has 0 spiro atoms. The van der Waals surface area contributed by atoms with Crippen molar-refractivity contribution in [2.24, 2.45) is 5.73 Å². The first-order valence-corrected chi connectivity index (χ1v) is 4.75. The van der Waals surface area contributed by atoms with E-state index >= 15 is 0 Å². The third-order valence-corrected chi connectivity index (χ3v) is 2.38. The van der Waals surface area contributed by atoms with E-state index in [0.717, 1.165) is 0 Å². The lowest BCUT2D eigenvalue weighted by Gasteiger charge is -2.13. The molecule has 0 radical (unpaired) electrons. The minimum absolute atomic E-state index is 0.00940. The van der Waals surface area contributed by atoms with Crippen LogP contribution in [0.3, 0.4) is 0 Å². The third kappa shape index (κ3) is 2.27. The number of nitrogens with two attached hydrogens (primary N) is 1. The lowest BCUT2D eigenvalue weighted by Crippen LogP contribution is -2.23. The predicted molar refractivity (Wildman–Crippen MR) is 57.3 cm³/mol. The fourth-order valence-corrected chi connectivity index (χ4v) is 1.41. The van der Waals surface area contributed by atoms with Gasteiger partial charge in [0.1, 0.15) is 5.82 Å². The Bertz CT molecular complexity index is 393. The maximum atomic E-state index is 13.7. The summed E-state index contributed by atoms with van der Waals surface area (Å²) in [6.45, 7) is -0.0286. The average Bonchev–Trinajstić information content (AvgIpc) is 2.17. The first-order chi connectivity index (χ1) is 6.99. The molecule has 0 aliphatic heterocycles. The van der Waals surface area contributed by atoms with Crippen molar-refractivity contribution in [1.82, 2.24) is 4.90 Å². The first kappa shape index (κ1) is 11.9. The highest BCUT2D eigenvalue weighted by Crippen LogP contribution is 2.22. The van der Waals surface area contributed by atoms with Gasteiger partial charge in [0.05, 0.1) is 5.56 Å². The van der Waals surface area contributed by atoms with Crippen molar-refractivity contribution in [3.8, 4) is 0 Å². The fourth-order valence-electron chi connectivity index (χ4n) is 1.19. The van der Waals surface area contributed by atoms with E-state index in [1.54, 1.807) is 14.1 Å². The Morgan fingerprint density at radius 1 is 1.53 bits per heavy atom. The van der Waals surface area contributed by atoms with Crippen LogP contribution in [-0.2, 0) is 6.54 Å². The van der Waals surface area contributed by atoms with Gasteiger partial charge < -0.3 is 10.6 Å². The molecule has 2 N–H and O–H groups in total. The summed E-state index contributed by atoms with van der Waals surface area (Å²) in [6.07, 6.45) is 0. The van der Waals surface area contributed by atoms with E-state index in [2.05, 4.69) is 0 Å². The number of benzene rings is 1. The molecule has 5 heteroatoms. The summed E-state index contributed by atoms with van der Waals surface area (Å²) in [5, 5.41) is 0.241.